The minimum Gasteiger partial charge on any atom is -0.436 e. The van der Waals surface area contributed by atoms with Gasteiger partial charge in [-0.05, 0) is 56.1 Å². The van der Waals surface area contributed by atoms with Crippen LogP contribution in [0, 0.1) is 0 Å². The molecule has 3 aromatic rings. The number of oxazole rings is 1. The van der Waals surface area contributed by atoms with Crippen LogP contribution in [0.4, 0.5) is 0 Å². The van der Waals surface area contributed by atoms with Gasteiger partial charge in [0.1, 0.15) is 5.52 Å². The molecule has 1 saturated heterocycles. The van der Waals surface area contributed by atoms with Crippen LogP contribution in [0.1, 0.15) is 31.7 Å². The standard InChI is InChI=1S/C20H21ClN2O/c1-14-6-4-5-11-23(14)13-15-9-10-19-18(12-15)22-20(24-19)16-7-2-3-8-17(16)21/h2-3,7-10,12,14H,4-6,11,13H2,1H3/t14-/m0/s1. The van der Waals surface area contributed by atoms with E-state index in [4.69, 9.17) is 16.0 Å². The third kappa shape index (κ3) is 3.06. The van der Waals surface area contributed by atoms with E-state index in [9.17, 15) is 0 Å². The van der Waals surface area contributed by atoms with Crippen molar-refractivity contribution in [1.29, 1.82) is 0 Å². The van der Waals surface area contributed by atoms with E-state index in [0.717, 1.165) is 23.2 Å². The van der Waals surface area contributed by atoms with Crippen molar-refractivity contribution in [3.8, 4) is 11.5 Å². The monoisotopic (exact) mass is 340 g/mol. The molecule has 4 rings (SSSR count). The van der Waals surface area contributed by atoms with Crippen LogP contribution in [0.2, 0.25) is 5.02 Å². The third-order valence-corrected chi connectivity index (χ3v) is 5.21. The van der Waals surface area contributed by atoms with Gasteiger partial charge in [0, 0.05) is 12.6 Å². The quantitative estimate of drug-likeness (QED) is 0.628. The SMILES string of the molecule is C[C@H]1CCCCN1Cc1ccc2oc(-c3ccccc3Cl)nc2c1. The van der Waals surface area contributed by atoms with E-state index < -0.39 is 0 Å². The number of hydrogen-bond acceptors (Lipinski definition) is 3. The van der Waals surface area contributed by atoms with Crippen molar-refractivity contribution in [3.05, 3.63) is 53.1 Å². The smallest absolute Gasteiger partial charge is 0.228 e. The first-order valence-corrected chi connectivity index (χ1v) is 8.97. The normalized spacial score (nSPS) is 19.0. The number of likely N-dealkylation sites (tertiary alicyclic amines) is 1. The van der Waals surface area contributed by atoms with Crippen LogP contribution in [0.3, 0.4) is 0 Å². The molecule has 124 valence electrons. The Morgan fingerprint density at radius 3 is 2.92 bits per heavy atom. The molecule has 2 heterocycles. The van der Waals surface area contributed by atoms with E-state index >= 15 is 0 Å². The molecular weight excluding hydrogens is 320 g/mol. The van der Waals surface area contributed by atoms with Crippen molar-refractivity contribution < 1.29 is 4.42 Å². The summed E-state index contributed by atoms with van der Waals surface area (Å²) < 4.78 is 5.89. The average Bonchev–Trinajstić information content (AvgIpc) is 3.00. The molecule has 1 aromatic heterocycles. The van der Waals surface area contributed by atoms with E-state index in [0.29, 0.717) is 17.0 Å². The topological polar surface area (TPSA) is 29.3 Å². The predicted octanol–water partition coefficient (Wildman–Crippen LogP) is 5.52. The molecule has 0 N–H and O–H groups in total. The van der Waals surface area contributed by atoms with Gasteiger partial charge in [-0.25, -0.2) is 4.98 Å². The second-order valence-electron chi connectivity index (χ2n) is 6.62. The van der Waals surface area contributed by atoms with Gasteiger partial charge in [-0.1, -0.05) is 36.2 Å². The maximum absolute atomic E-state index is 6.26. The first kappa shape index (κ1) is 15.7. The number of rotatable bonds is 3. The Kier molecular flexibility index (Phi) is 4.30. The van der Waals surface area contributed by atoms with Gasteiger partial charge in [-0.3, -0.25) is 4.90 Å². The fraction of sp³-hybridized carbons (Fsp3) is 0.350. The van der Waals surface area contributed by atoms with Crippen LogP contribution in [-0.2, 0) is 6.54 Å². The fourth-order valence-electron chi connectivity index (χ4n) is 3.45. The lowest BCUT2D eigenvalue weighted by atomic mass is 10.0. The lowest BCUT2D eigenvalue weighted by Crippen LogP contribution is -2.36. The molecule has 3 nitrogen and oxygen atoms in total. The van der Waals surface area contributed by atoms with Gasteiger partial charge >= 0.3 is 0 Å². The first-order valence-electron chi connectivity index (χ1n) is 8.59. The molecule has 0 radical (unpaired) electrons. The van der Waals surface area contributed by atoms with Crippen LogP contribution < -0.4 is 0 Å². The number of aromatic nitrogens is 1. The molecule has 0 amide bonds. The van der Waals surface area contributed by atoms with Gasteiger partial charge in [0.15, 0.2) is 5.58 Å². The lowest BCUT2D eigenvalue weighted by molar-refractivity contribution is 0.152. The number of nitrogens with zero attached hydrogens (tertiary/aromatic N) is 2. The second-order valence-corrected chi connectivity index (χ2v) is 7.02. The Hall–Kier alpha value is -1.84. The van der Waals surface area contributed by atoms with Crippen LogP contribution in [0.5, 0.6) is 0 Å². The highest BCUT2D eigenvalue weighted by atomic mass is 35.5. The highest BCUT2D eigenvalue weighted by Gasteiger charge is 2.19. The Balaban J connectivity index is 1.63. The Morgan fingerprint density at radius 2 is 2.08 bits per heavy atom. The molecule has 0 saturated carbocycles. The third-order valence-electron chi connectivity index (χ3n) is 4.88. The molecule has 4 heteroatoms. The summed E-state index contributed by atoms with van der Waals surface area (Å²) in [7, 11) is 0. The number of piperidine rings is 1. The van der Waals surface area contributed by atoms with Crippen molar-refractivity contribution in [2.45, 2.75) is 38.8 Å². The molecule has 0 bridgehead atoms. The molecule has 0 unspecified atom stereocenters. The van der Waals surface area contributed by atoms with Gasteiger partial charge in [-0.15, -0.1) is 0 Å². The van der Waals surface area contributed by atoms with Crippen molar-refractivity contribution in [2.75, 3.05) is 6.54 Å². The van der Waals surface area contributed by atoms with Crippen molar-refractivity contribution in [1.82, 2.24) is 9.88 Å². The maximum atomic E-state index is 6.26. The van der Waals surface area contributed by atoms with Gasteiger partial charge in [-0.2, -0.15) is 0 Å². The van der Waals surface area contributed by atoms with Crippen molar-refractivity contribution >= 4 is 22.7 Å². The first-order chi connectivity index (χ1) is 11.7. The molecule has 1 aliphatic rings. The van der Waals surface area contributed by atoms with Crippen molar-refractivity contribution in [2.24, 2.45) is 0 Å². The second kappa shape index (κ2) is 6.58. The van der Waals surface area contributed by atoms with Gasteiger partial charge in [0.25, 0.3) is 0 Å². The highest BCUT2D eigenvalue weighted by molar-refractivity contribution is 6.33. The summed E-state index contributed by atoms with van der Waals surface area (Å²) in [6.07, 6.45) is 3.94. The van der Waals surface area contributed by atoms with Crippen LogP contribution in [0.15, 0.2) is 46.9 Å². The number of hydrogen-bond donors (Lipinski definition) is 0. The van der Waals surface area contributed by atoms with Crippen LogP contribution >= 0.6 is 11.6 Å². The van der Waals surface area contributed by atoms with E-state index in [1.165, 1.54) is 31.4 Å². The fourth-order valence-corrected chi connectivity index (χ4v) is 3.66. The minimum absolute atomic E-state index is 0.582. The highest BCUT2D eigenvalue weighted by Crippen LogP contribution is 2.30. The van der Waals surface area contributed by atoms with Gasteiger partial charge < -0.3 is 4.42 Å². The Morgan fingerprint density at radius 1 is 1.21 bits per heavy atom. The largest absolute Gasteiger partial charge is 0.436 e. The van der Waals surface area contributed by atoms with Crippen LogP contribution in [-0.4, -0.2) is 22.5 Å². The molecule has 24 heavy (non-hydrogen) atoms. The van der Waals surface area contributed by atoms with Crippen molar-refractivity contribution in [3.63, 3.8) is 0 Å². The van der Waals surface area contributed by atoms with E-state index in [2.05, 4.69) is 28.9 Å². The molecule has 0 aliphatic carbocycles. The molecule has 0 spiro atoms. The Bertz CT molecular complexity index is 858. The summed E-state index contributed by atoms with van der Waals surface area (Å²) in [5.74, 6) is 0.582. The average molecular weight is 341 g/mol. The zero-order chi connectivity index (χ0) is 16.5. The Labute approximate surface area is 147 Å². The predicted molar refractivity (Wildman–Crippen MR) is 98.2 cm³/mol. The van der Waals surface area contributed by atoms with Crippen LogP contribution in [0.25, 0.3) is 22.6 Å². The van der Waals surface area contributed by atoms with E-state index in [-0.39, 0.29) is 0 Å². The summed E-state index contributed by atoms with van der Waals surface area (Å²) in [6.45, 7) is 4.48. The van der Waals surface area contributed by atoms with E-state index in [1.54, 1.807) is 0 Å². The molecule has 2 aromatic carbocycles. The molecular formula is C20H21ClN2O. The summed E-state index contributed by atoms with van der Waals surface area (Å²) in [5.41, 5.74) is 3.82. The number of benzene rings is 2. The van der Waals surface area contributed by atoms with Gasteiger partial charge in [0.2, 0.25) is 5.89 Å². The maximum Gasteiger partial charge on any atom is 0.228 e. The minimum atomic E-state index is 0.582. The molecule has 1 aliphatic heterocycles. The molecule has 1 atom stereocenters. The molecule has 1 fully saturated rings. The van der Waals surface area contributed by atoms with E-state index in [1.807, 2.05) is 30.3 Å². The summed E-state index contributed by atoms with van der Waals surface area (Å²) in [6, 6.07) is 14.6. The number of fused-ring (bicyclic) bond motifs is 1. The zero-order valence-electron chi connectivity index (χ0n) is 13.8. The summed E-state index contributed by atoms with van der Waals surface area (Å²) in [5, 5.41) is 0.659. The van der Waals surface area contributed by atoms with Gasteiger partial charge in [0.05, 0.1) is 10.6 Å². The summed E-state index contributed by atoms with van der Waals surface area (Å²) in [4.78, 5) is 7.20. The number of halogens is 1. The lowest BCUT2D eigenvalue weighted by Gasteiger charge is -2.33. The summed E-state index contributed by atoms with van der Waals surface area (Å²) >= 11 is 6.26. The zero-order valence-corrected chi connectivity index (χ0v) is 14.6.